The summed E-state index contributed by atoms with van der Waals surface area (Å²) in [6.45, 7) is 4.90. The van der Waals surface area contributed by atoms with Crippen LogP contribution >= 0.6 is 0 Å². The van der Waals surface area contributed by atoms with Gasteiger partial charge in [-0.2, -0.15) is 0 Å². The molecule has 1 saturated carbocycles. The van der Waals surface area contributed by atoms with Crippen LogP contribution in [-0.4, -0.2) is 23.9 Å². The van der Waals surface area contributed by atoms with E-state index in [1.807, 2.05) is 13.8 Å². The molecule has 1 aliphatic carbocycles. The summed E-state index contributed by atoms with van der Waals surface area (Å²) in [5.41, 5.74) is 0.936. The Morgan fingerprint density at radius 2 is 2.15 bits per heavy atom. The normalized spacial score (nSPS) is 24.4. The molecule has 4 heteroatoms. The van der Waals surface area contributed by atoms with E-state index < -0.39 is 6.10 Å². The zero-order chi connectivity index (χ0) is 14.5. The van der Waals surface area contributed by atoms with E-state index in [2.05, 4.69) is 5.32 Å². The van der Waals surface area contributed by atoms with Crippen molar-refractivity contribution < 1.29 is 14.2 Å². The number of nitrogens with one attached hydrogen (secondary N) is 1. The molecule has 1 aliphatic rings. The maximum absolute atomic E-state index is 13.5. The van der Waals surface area contributed by atoms with Crippen LogP contribution in [0.5, 0.6) is 5.75 Å². The number of rotatable bonds is 5. The summed E-state index contributed by atoms with van der Waals surface area (Å²) in [4.78, 5) is 0. The minimum atomic E-state index is -0.450. The van der Waals surface area contributed by atoms with Crippen LogP contribution in [0.2, 0.25) is 0 Å². The smallest absolute Gasteiger partial charge is 0.127 e. The third-order valence-corrected chi connectivity index (χ3v) is 3.90. The second-order valence-corrected chi connectivity index (χ2v) is 5.47. The minimum Gasteiger partial charge on any atom is -0.487 e. The fourth-order valence-corrected chi connectivity index (χ4v) is 2.76. The van der Waals surface area contributed by atoms with E-state index in [0.29, 0.717) is 5.75 Å². The van der Waals surface area contributed by atoms with E-state index in [0.717, 1.165) is 37.8 Å². The molecule has 0 radical (unpaired) electrons. The van der Waals surface area contributed by atoms with Crippen molar-refractivity contribution in [1.29, 1.82) is 0 Å². The van der Waals surface area contributed by atoms with Crippen molar-refractivity contribution in [3.8, 4) is 5.75 Å². The molecule has 2 rings (SSSR count). The zero-order valence-electron chi connectivity index (χ0n) is 12.2. The van der Waals surface area contributed by atoms with E-state index in [1.165, 1.54) is 12.1 Å². The average Bonchev–Trinajstić information content (AvgIpc) is 2.42. The van der Waals surface area contributed by atoms with Gasteiger partial charge >= 0.3 is 0 Å². The van der Waals surface area contributed by atoms with Crippen LogP contribution in [0.3, 0.4) is 0 Å². The predicted octanol–water partition coefficient (Wildman–Crippen LogP) is 3.18. The van der Waals surface area contributed by atoms with Crippen molar-refractivity contribution in [3.05, 3.63) is 29.6 Å². The third kappa shape index (κ3) is 3.70. The Bertz CT molecular complexity index is 438. The second kappa shape index (κ2) is 7.04. The highest BCUT2D eigenvalue weighted by Crippen LogP contribution is 2.30. The second-order valence-electron chi connectivity index (χ2n) is 5.47. The van der Waals surface area contributed by atoms with Gasteiger partial charge in [0.15, 0.2) is 0 Å². The van der Waals surface area contributed by atoms with Crippen molar-refractivity contribution in [2.75, 3.05) is 6.54 Å². The Balaban J connectivity index is 2.18. The molecule has 3 atom stereocenters. The molecule has 3 nitrogen and oxygen atoms in total. The van der Waals surface area contributed by atoms with Crippen LogP contribution in [0, 0.1) is 5.82 Å². The summed E-state index contributed by atoms with van der Waals surface area (Å²) >= 11 is 0. The summed E-state index contributed by atoms with van der Waals surface area (Å²) in [5.74, 6) is 0.238. The Morgan fingerprint density at radius 3 is 2.85 bits per heavy atom. The lowest BCUT2D eigenvalue weighted by Gasteiger charge is -2.29. The molecular weight excluding hydrogens is 257 g/mol. The summed E-state index contributed by atoms with van der Waals surface area (Å²) in [5, 5.41) is 13.3. The molecule has 0 aliphatic heterocycles. The molecule has 112 valence electrons. The average molecular weight is 281 g/mol. The fraction of sp³-hybridized carbons (Fsp3) is 0.625. The number of hydrogen-bond donors (Lipinski definition) is 2. The van der Waals surface area contributed by atoms with E-state index in [1.54, 1.807) is 6.07 Å². The van der Waals surface area contributed by atoms with E-state index in [9.17, 15) is 9.50 Å². The van der Waals surface area contributed by atoms with Gasteiger partial charge in [0.25, 0.3) is 0 Å². The molecule has 0 amide bonds. The van der Waals surface area contributed by atoms with Gasteiger partial charge in [-0.05, 0) is 38.8 Å². The van der Waals surface area contributed by atoms with Crippen LogP contribution in [0.15, 0.2) is 18.2 Å². The van der Waals surface area contributed by atoms with Gasteiger partial charge in [-0.25, -0.2) is 4.39 Å². The van der Waals surface area contributed by atoms with E-state index in [-0.39, 0.29) is 18.0 Å². The van der Waals surface area contributed by atoms with Crippen molar-refractivity contribution in [2.45, 2.75) is 57.8 Å². The largest absolute Gasteiger partial charge is 0.487 e. The molecule has 0 spiro atoms. The molecule has 2 N–H and O–H groups in total. The lowest BCUT2D eigenvalue weighted by molar-refractivity contribution is 0.00603. The van der Waals surface area contributed by atoms with Crippen molar-refractivity contribution >= 4 is 0 Å². The van der Waals surface area contributed by atoms with Crippen molar-refractivity contribution in [1.82, 2.24) is 5.32 Å². The van der Waals surface area contributed by atoms with Crippen LogP contribution in [0.4, 0.5) is 4.39 Å². The molecule has 1 aromatic carbocycles. The number of aliphatic hydroxyl groups excluding tert-OH is 1. The van der Waals surface area contributed by atoms with Crippen molar-refractivity contribution in [2.24, 2.45) is 0 Å². The summed E-state index contributed by atoms with van der Waals surface area (Å²) < 4.78 is 19.4. The first kappa shape index (κ1) is 15.3. The van der Waals surface area contributed by atoms with Crippen LogP contribution in [0.1, 0.15) is 51.1 Å². The van der Waals surface area contributed by atoms with Gasteiger partial charge in [-0.3, -0.25) is 0 Å². The number of benzene rings is 1. The molecule has 1 aromatic rings. The predicted molar refractivity (Wildman–Crippen MR) is 77.4 cm³/mol. The molecule has 0 saturated heterocycles. The molecule has 0 heterocycles. The van der Waals surface area contributed by atoms with Gasteiger partial charge < -0.3 is 15.2 Å². The SMILES string of the molecule is CCNC(C)c1ccc(F)cc1OC1CCCCC1O. The summed E-state index contributed by atoms with van der Waals surface area (Å²) in [6, 6.07) is 4.72. The van der Waals surface area contributed by atoms with E-state index in [4.69, 9.17) is 4.74 Å². The Morgan fingerprint density at radius 1 is 1.40 bits per heavy atom. The monoisotopic (exact) mass is 281 g/mol. The summed E-state index contributed by atoms with van der Waals surface area (Å²) in [7, 11) is 0. The van der Waals surface area contributed by atoms with Crippen LogP contribution in [0.25, 0.3) is 0 Å². The molecule has 20 heavy (non-hydrogen) atoms. The quantitative estimate of drug-likeness (QED) is 0.871. The molecule has 1 fully saturated rings. The Labute approximate surface area is 120 Å². The summed E-state index contributed by atoms with van der Waals surface area (Å²) in [6.07, 6.45) is 3.00. The lowest BCUT2D eigenvalue weighted by Crippen LogP contribution is -2.35. The van der Waals surface area contributed by atoms with Gasteiger partial charge in [-0.15, -0.1) is 0 Å². The molecule has 0 aromatic heterocycles. The highest BCUT2D eigenvalue weighted by atomic mass is 19.1. The number of aliphatic hydroxyl groups is 1. The van der Waals surface area contributed by atoms with Gasteiger partial charge in [0.2, 0.25) is 0 Å². The first-order chi connectivity index (χ1) is 9.61. The lowest BCUT2D eigenvalue weighted by atomic mass is 9.94. The van der Waals surface area contributed by atoms with Gasteiger partial charge in [0.05, 0.1) is 6.10 Å². The Hall–Kier alpha value is -1.13. The molecular formula is C16H24FNO2. The Kier molecular flexibility index (Phi) is 5.38. The zero-order valence-corrected chi connectivity index (χ0v) is 12.2. The number of ether oxygens (including phenoxy) is 1. The topological polar surface area (TPSA) is 41.5 Å². The minimum absolute atomic E-state index is 0.0938. The standard InChI is InChI=1S/C16H24FNO2/c1-3-18-11(2)13-9-8-12(17)10-16(13)20-15-7-5-4-6-14(15)19/h8-11,14-15,18-19H,3-7H2,1-2H3. The van der Waals surface area contributed by atoms with Gasteiger partial charge in [0, 0.05) is 17.7 Å². The van der Waals surface area contributed by atoms with Crippen molar-refractivity contribution in [3.63, 3.8) is 0 Å². The number of halogens is 1. The first-order valence-corrected chi connectivity index (χ1v) is 7.49. The van der Waals surface area contributed by atoms with Gasteiger partial charge in [-0.1, -0.05) is 19.4 Å². The third-order valence-electron chi connectivity index (χ3n) is 3.90. The van der Waals surface area contributed by atoms with Crippen LogP contribution < -0.4 is 10.1 Å². The molecule has 3 unspecified atom stereocenters. The van der Waals surface area contributed by atoms with E-state index >= 15 is 0 Å². The fourth-order valence-electron chi connectivity index (χ4n) is 2.76. The highest BCUT2D eigenvalue weighted by Gasteiger charge is 2.26. The number of hydrogen-bond acceptors (Lipinski definition) is 3. The maximum atomic E-state index is 13.5. The first-order valence-electron chi connectivity index (χ1n) is 7.49. The van der Waals surface area contributed by atoms with Gasteiger partial charge in [0.1, 0.15) is 17.7 Å². The van der Waals surface area contributed by atoms with Crippen LogP contribution in [-0.2, 0) is 0 Å². The highest BCUT2D eigenvalue weighted by molar-refractivity contribution is 5.36. The molecule has 0 bridgehead atoms. The maximum Gasteiger partial charge on any atom is 0.127 e.